The number of hydrogen-bond acceptors (Lipinski definition) is 4. The molecule has 0 rings (SSSR count). The number of aliphatic hydroxyl groups is 1. The van der Waals surface area contributed by atoms with Crippen LogP contribution in [-0.2, 0) is 0 Å². The molecule has 0 fully saturated rings. The molecule has 1 atom stereocenters. The van der Waals surface area contributed by atoms with Crippen molar-refractivity contribution in [1.82, 2.24) is 9.80 Å². The molecule has 1 unspecified atom stereocenters. The number of nitrogens with zero attached hydrogens (tertiary/aromatic N) is 2. The molecule has 4 nitrogen and oxygen atoms in total. The van der Waals surface area contributed by atoms with E-state index in [2.05, 4.69) is 30.8 Å². The van der Waals surface area contributed by atoms with Crippen LogP contribution in [0.1, 0.15) is 19.8 Å². The Kier molecular flexibility index (Phi) is 9.00. The molecular weight excluding hydrogens is 190 g/mol. The highest BCUT2D eigenvalue weighted by Gasteiger charge is 2.11. The van der Waals surface area contributed by atoms with Crippen LogP contribution in [-0.4, -0.2) is 67.8 Å². The van der Waals surface area contributed by atoms with Crippen LogP contribution in [0.25, 0.3) is 0 Å². The van der Waals surface area contributed by atoms with Gasteiger partial charge in [0.25, 0.3) is 0 Å². The van der Waals surface area contributed by atoms with E-state index >= 15 is 0 Å². The fraction of sp³-hybridized carbons (Fsp3) is 1.00. The summed E-state index contributed by atoms with van der Waals surface area (Å²) >= 11 is 0. The van der Waals surface area contributed by atoms with E-state index in [-0.39, 0.29) is 12.6 Å². The topological polar surface area (TPSA) is 52.7 Å². The third kappa shape index (κ3) is 7.73. The molecule has 0 aliphatic rings. The van der Waals surface area contributed by atoms with Crippen molar-refractivity contribution >= 4 is 0 Å². The Bertz CT molecular complexity index is 142. The average molecular weight is 217 g/mol. The molecule has 0 amide bonds. The molecule has 0 spiro atoms. The Morgan fingerprint density at radius 3 is 2.20 bits per heavy atom. The smallest absolute Gasteiger partial charge is 0.0584 e. The van der Waals surface area contributed by atoms with Gasteiger partial charge < -0.3 is 15.7 Å². The lowest BCUT2D eigenvalue weighted by molar-refractivity contribution is 0.129. The predicted octanol–water partition coefficient (Wildman–Crippen LogP) is -0.0303. The minimum Gasteiger partial charge on any atom is -0.395 e. The molecule has 0 heterocycles. The number of aliphatic hydroxyl groups excluding tert-OH is 1. The highest BCUT2D eigenvalue weighted by Crippen LogP contribution is 2.01. The first-order chi connectivity index (χ1) is 7.11. The van der Waals surface area contributed by atoms with Crippen molar-refractivity contribution in [2.75, 3.05) is 46.9 Å². The normalized spacial score (nSPS) is 13.8. The Morgan fingerprint density at radius 1 is 1.13 bits per heavy atom. The Labute approximate surface area is 94.0 Å². The van der Waals surface area contributed by atoms with Crippen molar-refractivity contribution in [2.45, 2.75) is 25.8 Å². The molecule has 0 aromatic heterocycles. The first-order valence-corrected chi connectivity index (χ1v) is 5.81. The van der Waals surface area contributed by atoms with Gasteiger partial charge in [0.15, 0.2) is 0 Å². The monoisotopic (exact) mass is 217 g/mol. The van der Waals surface area contributed by atoms with Gasteiger partial charge >= 0.3 is 0 Å². The van der Waals surface area contributed by atoms with Gasteiger partial charge in [-0.3, -0.25) is 4.90 Å². The Balaban J connectivity index is 3.79. The summed E-state index contributed by atoms with van der Waals surface area (Å²) in [5.41, 5.74) is 5.50. The lowest BCUT2D eigenvalue weighted by Gasteiger charge is -2.28. The standard InChI is InChI=1S/C11H27N3O/c1-11(10-15)14(8-4-6-12)9-5-7-13(2)3/h11,15H,4-10,12H2,1-3H3. The molecular formula is C11H27N3O. The molecule has 0 aromatic rings. The zero-order valence-corrected chi connectivity index (χ0v) is 10.4. The molecule has 3 N–H and O–H groups in total. The van der Waals surface area contributed by atoms with Crippen molar-refractivity contribution in [3.05, 3.63) is 0 Å². The van der Waals surface area contributed by atoms with E-state index in [1.807, 2.05) is 0 Å². The highest BCUT2D eigenvalue weighted by atomic mass is 16.3. The fourth-order valence-corrected chi connectivity index (χ4v) is 1.55. The van der Waals surface area contributed by atoms with Crippen LogP contribution >= 0.6 is 0 Å². The van der Waals surface area contributed by atoms with E-state index in [0.29, 0.717) is 0 Å². The van der Waals surface area contributed by atoms with Gasteiger partial charge in [-0.2, -0.15) is 0 Å². The van der Waals surface area contributed by atoms with Crippen molar-refractivity contribution in [3.8, 4) is 0 Å². The molecule has 0 saturated carbocycles. The van der Waals surface area contributed by atoms with Gasteiger partial charge in [0, 0.05) is 6.04 Å². The van der Waals surface area contributed by atoms with Crippen LogP contribution in [0.3, 0.4) is 0 Å². The summed E-state index contributed by atoms with van der Waals surface area (Å²) in [5, 5.41) is 9.13. The molecule has 92 valence electrons. The van der Waals surface area contributed by atoms with E-state index in [4.69, 9.17) is 10.8 Å². The molecule has 0 aliphatic carbocycles. The molecule has 15 heavy (non-hydrogen) atoms. The molecule has 0 saturated heterocycles. The van der Waals surface area contributed by atoms with Gasteiger partial charge in [-0.05, 0) is 60.0 Å². The lowest BCUT2D eigenvalue weighted by atomic mass is 10.2. The zero-order valence-electron chi connectivity index (χ0n) is 10.4. The van der Waals surface area contributed by atoms with Gasteiger partial charge in [0.2, 0.25) is 0 Å². The van der Waals surface area contributed by atoms with Gasteiger partial charge in [0.05, 0.1) is 6.61 Å². The summed E-state index contributed by atoms with van der Waals surface area (Å²) in [6.45, 7) is 6.14. The maximum Gasteiger partial charge on any atom is 0.0584 e. The van der Waals surface area contributed by atoms with E-state index < -0.39 is 0 Å². The molecule has 0 radical (unpaired) electrons. The van der Waals surface area contributed by atoms with Crippen LogP contribution < -0.4 is 5.73 Å². The minimum atomic E-state index is 0.229. The third-order valence-corrected chi connectivity index (χ3v) is 2.59. The van der Waals surface area contributed by atoms with E-state index in [1.54, 1.807) is 0 Å². The quantitative estimate of drug-likeness (QED) is 0.569. The van der Waals surface area contributed by atoms with E-state index in [0.717, 1.165) is 39.0 Å². The van der Waals surface area contributed by atoms with Crippen LogP contribution in [0.5, 0.6) is 0 Å². The number of nitrogens with two attached hydrogens (primary N) is 1. The molecule has 0 bridgehead atoms. The maximum absolute atomic E-state index is 9.13. The van der Waals surface area contributed by atoms with Crippen molar-refractivity contribution in [2.24, 2.45) is 5.73 Å². The molecule has 0 aliphatic heterocycles. The second kappa shape index (κ2) is 9.09. The summed E-state index contributed by atoms with van der Waals surface area (Å²) in [4.78, 5) is 4.50. The third-order valence-electron chi connectivity index (χ3n) is 2.59. The van der Waals surface area contributed by atoms with Gasteiger partial charge in [0.1, 0.15) is 0 Å². The van der Waals surface area contributed by atoms with Crippen LogP contribution in [0.2, 0.25) is 0 Å². The first kappa shape index (κ1) is 14.8. The second-order valence-electron chi connectivity index (χ2n) is 4.37. The summed E-state index contributed by atoms with van der Waals surface area (Å²) in [5.74, 6) is 0. The number of hydrogen-bond donors (Lipinski definition) is 2. The Hall–Kier alpha value is -0.160. The minimum absolute atomic E-state index is 0.229. The summed E-state index contributed by atoms with van der Waals surface area (Å²) in [7, 11) is 4.17. The summed E-state index contributed by atoms with van der Waals surface area (Å²) < 4.78 is 0. The van der Waals surface area contributed by atoms with Crippen molar-refractivity contribution in [1.29, 1.82) is 0 Å². The maximum atomic E-state index is 9.13. The van der Waals surface area contributed by atoms with E-state index in [9.17, 15) is 0 Å². The average Bonchev–Trinajstić information content (AvgIpc) is 2.21. The molecule has 4 heteroatoms. The van der Waals surface area contributed by atoms with Gasteiger partial charge in [-0.1, -0.05) is 0 Å². The van der Waals surface area contributed by atoms with Gasteiger partial charge in [-0.25, -0.2) is 0 Å². The summed E-state index contributed by atoms with van der Waals surface area (Å²) in [6, 6.07) is 0.249. The number of rotatable bonds is 9. The fourth-order valence-electron chi connectivity index (χ4n) is 1.55. The predicted molar refractivity (Wildman–Crippen MR) is 65.0 cm³/mol. The molecule has 0 aromatic carbocycles. The summed E-state index contributed by atoms with van der Waals surface area (Å²) in [6.07, 6.45) is 2.15. The van der Waals surface area contributed by atoms with Crippen LogP contribution in [0.15, 0.2) is 0 Å². The second-order valence-corrected chi connectivity index (χ2v) is 4.37. The van der Waals surface area contributed by atoms with Crippen molar-refractivity contribution in [3.63, 3.8) is 0 Å². The Morgan fingerprint density at radius 2 is 1.73 bits per heavy atom. The van der Waals surface area contributed by atoms with Crippen LogP contribution in [0.4, 0.5) is 0 Å². The lowest BCUT2D eigenvalue weighted by Crippen LogP contribution is -2.38. The SMILES string of the molecule is CC(CO)N(CCCN)CCCN(C)C. The van der Waals surface area contributed by atoms with Gasteiger partial charge in [-0.15, -0.1) is 0 Å². The zero-order chi connectivity index (χ0) is 11.7. The van der Waals surface area contributed by atoms with Crippen LogP contribution in [0, 0.1) is 0 Å². The van der Waals surface area contributed by atoms with E-state index in [1.165, 1.54) is 0 Å². The highest BCUT2D eigenvalue weighted by molar-refractivity contribution is 4.67. The first-order valence-electron chi connectivity index (χ1n) is 5.81. The largest absolute Gasteiger partial charge is 0.395 e. The van der Waals surface area contributed by atoms with Crippen molar-refractivity contribution < 1.29 is 5.11 Å².